The fraction of sp³-hybridized carbons (Fsp3) is 0.706. The van der Waals surface area contributed by atoms with Crippen molar-refractivity contribution in [2.75, 3.05) is 0 Å². The van der Waals surface area contributed by atoms with E-state index in [-0.39, 0.29) is 5.54 Å². The second-order valence-corrected chi connectivity index (χ2v) is 7.11. The molecule has 1 fully saturated rings. The number of aromatic nitrogens is 1. The van der Waals surface area contributed by atoms with Gasteiger partial charge in [0.1, 0.15) is 6.10 Å². The van der Waals surface area contributed by atoms with Gasteiger partial charge in [-0.25, -0.2) is 4.98 Å². The Morgan fingerprint density at radius 1 is 1.20 bits per heavy atom. The van der Waals surface area contributed by atoms with Crippen LogP contribution in [0.5, 0.6) is 5.88 Å². The van der Waals surface area contributed by atoms with E-state index < -0.39 is 0 Å². The van der Waals surface area contributed by atoms with Gasteiger partial charge in [-0.15, -0.1) is 0 Å². The second kappa shape index (κ2) is 6.57. The molecule has 0 aromatic carbocycles. The second-order valence-electron chi connectivity index (χ2n) is 7.11. The Hall–Kier alpha value is -1.09. The standard InChI is InChI=1S/C17H28N2O/c1-13-5-8-15(9-6-13)20-16-10-7-14(11-18-16)12-19-17(2,3)4/h7,10-11,13,15,19H,5-6,8-9,12H2,1-4H3. The first-order valence-electron chi connectivity index (χ1n) is 7.79. The summed E-state index contributed by atoms with van der Waals surface area (Å²) in [6.07, 6.45) is 7.15. The zero-order chi connectivity index (χ0) is 14.6. The maximum atomic E-state index is 5.97. The SMILES string of the molecule is CC1CCC(Oc2ccc(CNC(C)(C)C)cn2)CC1. The highest BCUT2D eigenvalue weighted by Gasteiger charge is 2.19. The summed E-state index contributed by atoms with van der Waals surface area (Å²) in [5.74, 6) is 1.62. The summed E-state index contributed by atoms with van der Waals surface area (Å²) in [6, 6.07) is 4.10. The molecular weight excluding hydrogens is 248 g/mol. The van der Waals surface area contributed by atoms with Crippen LogP contribution in [0, 0.1) is 5.92 Å². The Balaban J connectivity index is 1.82. The topological polar surface area (TPSA) is 34.1 Å². The minimum absolute atomic E-state index is 0.133. The largest absolute Gasteiger partial charge is 0.474 e. The predicted octanol–water partition coefficient (Wildman–Crippen LogP) is 3.93. The summed E-state index contributed by atoms with van der Waals surface area (Å²) in [6.45, 7) is 9.68. The smallest absolute Gasteiger partial charge is 0.213 e. The fourth-order valence-electron chi connectivity index (χ4n) is 2.47. The summed E-state index contributed by atoms with van der Waals surface area (Å²) in [7, 11) is 0. The van der Waals surface area contributed by atoms with Gasteiger partial charge in [0.05, 0.1) is 0 Å². The molecule has 0 atom stereocenters. The van der Waals surface area contributed by atoms with Crippen LogP contribution >= 0.6 is 0 Å². The molecule has 0 saturated heterocycles. The van der Waals surface area contributed by atoms with Crippen LogP contribution < -0.4 is 10.1 Å². The third-order valence-corrected chi connectivity index (χ3v) is 3.87. The van der Waals surface area contributed by atoms with Crippen LogP contribution in [-0.4, -0.2) is 16.6 Å². The number of hydrogen-bond donors (Lipinski definition) is 1. The van der Waals surface area contributed by atoms with E-state index in [1.807, 2.05) is 12.3 Å². The van der Waals surface area contributed by atoms with Crippen molar-refractivity contribution in [3.63, 3.8) is 0 Å². The normalized spacial score (nSPS) is 23.6. The van der Waals surface area contributed by atoms with Crippen LogP contribution in [0.4, 0.5) is 0 Å². The molecule has 0 radical (unpaired) electrons. The van der Waals surface area contributed by atoms with Crippen molar-refractivity contribution in [1.82, 2.24) is 10.3 Å². The lowest BCUT2D eigenvalue weighted by atomic mass is 9.89. The van der Waals surface area contributed by atoms with Crippen molar-refractivity contribution in [2.24, 2.45) is 5.92 Å². The van der Waals surface area contributed by atoms with Crippen molar-refractivity contribution < 1.29 is 4.74 Å². The Morgan fingerprint density at radius 2 is 1.90 bits per heavy atom. The first kappa shape index (κ1) is 15.3. The van der Waals surface area contributed by atoms with Crippen LogP contribution in [-0.2, 0) is 6.54 Å². The van der Waals surface area contributed by atoms with E-state index in [9.17, 15) is 0 Å². The maximum Gasteiger partial charge on any atom is 0.213 e. The zero-order valence-corrected chi connectivity index (χ0v) is 13.3. The van der Waals surface area contributed by atoms with E-state index in [4.69, 9.17) is 4.74 Å². The van der Waals surface area contributed by atoms with Gasteiger partial charge in [-0.3, -0.25) is 0 Å². The highest BCUT2D eigenvalue weighted by molar-refractivity contribution is 5.18. The Labute approximate surface area is 123 Å². The van der Waals surface area contributed by atoms with E-state index in [1.54, 1.807) is 0 Å². The van der Waals surface area contributed by atoms with Gasteiger partial charge in [0.25, 0.3) is 0 Å². The third kappa shape index (κ3) is 5.12. The van der Waals surface area contributed by atoms with Gasteiger partial charge in [-0.2, -0.15) is 0 Å². The van der Waals surface area contributed by atoms with Crippen molar-refractivity contribution in [2.45, 2.75) is 71.6 Å². The third-order valence-electron chi connectivity index (χ3n) is 3.87. The first-order valence-corrected chi connectivity index (χ1v) is 7.79. The molecule has 1 aromatic rings. The number of nitrogens with zero attached hydrogens (tertiary/aromatic N) is 1. The molecule has 0 amide bonds. The number of pyridine rings is 1. The van der Waals surface area contributed by atoms with Gasteiger partial charge >= 0.3 is 0 Å². The lowest BCUT2D eigenvalue weighted by molar-refractivity contribution is 0.130. The lowest BCUT2D eigenvalue weighted by Gasteiger charge is -2.26. The van der Waals surface area contributed by atoms with E-state index in [1.165, 1.54) is 18.4 Å². The van der Waals surface area contributed by atoms with Gasteiger partial charge < -0.3 is 10.1 Å². The van der Waals surface area contributed by atoms with Crippen LogP contribution in [0.15, 0.2) is 18.3 Å². The molecule has 2 rings (SSSR count). The molecule has 0 bridgehead atoms. The average molecular weight is 276 g/mol. The molecule has 0 unspecified atom stereocenters. The van der Waals surface area contributed by atoms with Crippen LogP contribution in [0.1, 0.15) is 58.9 Å². The van der Waals surface area contributed by atoms with Crippen molar-refractivity contribution in [3.8, 4) is 5.88 Å². The van der Waals surface area contributed by atoms with Crippen LogP contribution in [0.25, 0.3) is 0 Å². The van der Waals surface area contributed by atoms with Crippen LogP contribution in [0.3, 0.4) is 0 Å². The zero-order valence-electron chi connectivity index (χ0n) is 13.3. The Morgan fingerprint density at radius 3 is 2.45 bits per heavy atom. The molecule has 1 aliphatic rings. The molecule has 0 aliphatic heterocycles. The highest BCUT2D eigenvalue weighted by Crippen LogP contribution is 2.26. The maximum absolute atomic E-state index is 5.97. The molecule has 112 valence electrons. The highest BCUT2D eigenvalue weighted by atomic mass is 16.5. The first-order chi connectivity index (χ1) is 9.42. The summed E-state index contributed by atoms with van der Waals surface area (Å²) in [5, 5.41) is 3.46. The number of hydrogen-bond acceptors (Lipinski definition) is 3. The molecule has 1 aliphatic carbocycles. The molecule has 3 heteroatoms. The van der Waals surface area contributed by atoms with Gasteiger partial charge in [0.2, 0.25) is 5.88 Å². The van der Waals surface area contributed by atoms with E-state index in [0.29, 0.717) is 6.10 Å². The van der Waals surface area contributed by atoms with Gasteiger partial charge in [0.15, 0.2) is 0 Å². The van der Waals surface area contributed by atoms with Crippen molar-refractivity contribution >= 4 is 0 Å². The molecular formula is C17H28N2O. The van der Waals surface area contributed by atoms with E-state index in [2.05, 4.69) is 44.1 Å². The van der Waals surface area contributed by atoms with E-state index in [0.717, 1.165) is 31.2 Å². The fourth-order valence-corrected chi connectivity index (χ4v) is 2.47. The summed E-state index contributed by atoms with van der Waals surface area (Å²) in [4.78, 5) is 4.43. The molecule has 3 nitrogen and oxygen atoms in total. The summed E-state index contributed by atoms with van der Waals surface area (Å²) in [5.41, 5.74) is 1.33. The summed E-state index contributed by atoms with van der Waals surface area (Å²) >= 11 is 0. The number of ether oxygens (including phenoxy) is 1. The quantitative estimate of drug-likeness (QED) is 0.905. The number of nitrogens with one attached hydrogen (secondary N) is 1. The Kier molecular flexibility index (Phi) is 5.03. The van der Waals surface area contributed by atoms with Crippen molar-refractivity contribution in [1.29, 1.82) is 0 Å². The van der Waals surface area contributed by atoms with Gasteiger partial charge in [0, 0.05) is 24.3 Å². The van der Waals surface area contributed by atoms with Gasteiger partial charge in [-0.1, -0.05) is 13.0 Å². The molecule has 0 spiro atoms. The molecule has 1 aromatic heterocycles. The molecule has 20 heavy (non-hydrogen) atoms. The minimum Gasteiger partial charge on any atom is -0.474 e. The molecule has 1 saturated carbocycles. The summed E-state index contributed by atoms with van der Waals surface area (Å²) < 4.78 is 5.97. The van der Waals surface area contributed by atoms with Crippen molar-refractivity contribution in [3.05, 3.63) is 23.9 Å². The predicted molar refractivity (Wildman–Crippen MR) is 82.9 cm³/mol. The minimum atomic E-state index is 0.133. The molecule has 1 heterocycles. The monoisotopic (exact) mass is 276 g/mol. The Bertz CT molecular complexity index is 400. The van der Waals surface area contributed by atoms with Gasteiger partial charge in [-0.05, 0) is 57.9 Å². The van der Waals surface area contributed by atoms with E-state index >= 15 is 0 Å². The molecule has 1 N–H and O–H groups in total. The lowest BCUT2D eigenvalue weighted by Crippen LogP contribution is -2.35. The van der Waals surface area contributed by atoms with Crippen LogP contribution in [0.2, 0.25) is 0 Å². The number of rotatable bonds is 4. The average Bonchev–Trinajstić information content (AvgIpc) is 2.40.